The van der Waals surface area contributed by atoms with E-state index in [1.807, 2.05) is 18.2 Å². The largest absolute Gasteiger partial charge is 0.477 e. The zero-order valence-corrected chi connectivity index (χ0v) is 9.05. The molecule has 5 heteroatoms. The van der Waals surface area contributed by atoms with Crippen LogP contribution in [-0.2, 0) is 6.54 Å². The second kappa shape index (κ2) is 4.37. The van der Waals surface area contributed by atoms with Crippen molar-refractivity contribution < 1.29 is 9.90 Å². The molecule has 82 valence electrons. The first kappa shape index (κ1) is 10.7. The number of aromatic carboxylic acids is 1. The Bertz CT molecular complexity index is 508. The van der Waals surface area contributed by atoms with E-state index in [9.17, 15) is 4.79 Å². The SMILES string of the molecule is O=C(O)c1cc(Cl)cn1Cc1ccccn1. The van der Waals surface area contributed by atoms with E-state index in [2.05, 4.69) is 4.98 Å². The van der Waals surface area contributed by atoms with Crippen LogP contribution in [0.1, 0.15) is 16.2 Å². The number of aromatic nitrogens is 2. The molecule has 0 amide bonds. The van der Waals surface area contributed by atoms with Crippen LogP contribution in [0.3, 0.4) is 0 Å². The molecule has 16 heavy (non-hydrogen) atoms. The van der Waals surface area contributed by atoms with Crippen LogP contribution in [0.2, 0.25) is 5.02 Å². The molecule has 0 radical (unpaired) electrons. The van der Waals surface area contributed by atoms with Crippen molar-refractivity contribution in [2.75, 3.05) is 0 Å². The lowest BCUT2D eigenvalue weighted by molar-refractivity contribution is 0.0685. The maximum atomic E-state index is 10.9. The number of carboxylic acids is 1. The summed E-state index contributed by atoms with van der Waals surface area (Å²) in [6.07, 6.45) is 3.25. The number of nitrogens with zero attached hydrogens (tertiary/aromatic N) is 2. The third-order valence-corrected chi connectivity index (χ3v) is 2.35. The third-order valence-electron chi connectivity index (χ3n) is 2.14. The number of hydrogen-bond acceptors (Lipinski definition) is 2. The highest BCUT2D eigenvalue weighted by molar-refractivity contribution is 6.30. The van der Waals surface area contributed by atoms with Crippen molar-refractivity contribution in [3.63, 3.8) is 0 Å². The fourth-order valence-corrected chi connectivity index (χ4v) is 1.67. The van der Waals surface area contributed by atoms with Crippen molar-refractivity contribution in [1.82, 2.24) is 9.55 Å². The van der Waals surface area contributed by atoms with Crippen LogP contribution in [0.15, 0.2) is 36.7 Å². The Morgan fingerprint density at radius 3 is 2.94 bits per heavy atom. The molecule has 0 unspecified atom stereocenters. The average Bonchev–Trinajstić information content (AvgIpc) is 2.61. The van der Waals surface area contributed by atoms with Gasteiger partial charge in [-0.1, -0.05) is 17.7 Å². The molecule has 2 aromatic rings. The minimum atomic E-state index is -0.997. The zero-order valence-electron chi connectivity index (χ0n) is 8.30. The molecule has 0 aromatic carbocycles. The van der Waals surface area contributed by atoms with Gasteiger partial charge in [-0.05, 0) is 18.2 Å². The maximum absolute atomic E-state index is 10.9. The molecule has 0 saturated heterocycles. The van der Waals surface area contributed by atoms with Crippen LogP contribution in [-0.4, -0.2) is 20.6 Å². The summed E-state index contributed by atoms with van der Waals surface area (Å²) < 4.78 is 1.56. The lowest BCUT2D eigenvalue weighted by atomic mass is 10.3. The Balaban J connectivity index is 2.31. The quantitative estimate of drug-likeness (QED) is 0.890. The van der Waals surface area contributed by atoms with Crippen LogP contribution in [0.4, 0.5) is 0 Å². The molecule has 0 aliphatic rings. The third kappa shape index (κ3) is 2.23. The molecular formula is C11H9ClN2O2. The molecule has 0 aliphatic heterocycles. The Hall–Kier alpha value is -1.81. The molecule has 0 fully saturated rings. The highest BCUT2D eigenvalue weighted by Crippen LogP contribution is 2.15. The molecule has 0 spiro atoms. The molecule has 4 nitrogen and oxygen atoms in total. The molecule has 2 aromatic heterocycles. The van der Waals surface area contributed by atoms with E-state index in [1.54, 1.807) is 17.0 Å². The molecule has 2 heterocycles. The van der Waals surface area contributed by atoms with Gasteiger partial charge in [0.05, 0.1) is 17.3 Å². The summed E-state index contributed by atoms with van der Waals surface area (Å²) in [5.41, 5.74) is 0.952. The highest BCUT2D eigenvalue weighted by Gasteiger charge is 2.11. The molecule has 0 saturated carbocycles. The smallest absolute Gasteiger partial charge is 0.352 e. The van der Waals surface area contributed by atoms with Crippen LogP contribution in [0, 0.1) is 0 Å². The van der Waals surface area contributed by atoms with Gasteiger partial charge in [0.25, 0.3) is 0 Å². The van der Waals surface area contributed by atoms with E-state index in [0.717, 1.165) is 5.69 Å². The Labute approximate surface area is 97.1 Å². The predicted molar refractivity (Wildman–Crippen MR) is 59.7 cm³/mol. The van der Waals surface area contributed by atoms with E-state index in [-0.39, 0.29) is 5.69 Å². The van der Waals surface area contributed by atoms with Crippen LogP contribution < -0.4 is 0 Å². The first-order valence-corrected chi connectivity index (χ1v) is 5.03. The summed E-state index contributed by atoms with van der Waals surface area (Å²) in [4.78, 5) is 15.1. The van der Waals surface area contributed by atoms with E-state index in [4.69, 9.17) is 16.7 Å². The predicted octanol–water partition coefficient (Wildman–Crippen LogP) is 2.28. The summed E-state index contributed by atoms with van der Waals surface area (Å²) in [5.74, 6) is -0.997. The van der Waals surface area contributed by atoms with Gasteiger partial charge in [0.15, 0.2) is 0 Å². The lowest BCUT2D eigenvalue weighted by Crippen LogP contribution is -2.09. The molecule has 0 aliphatic carbocycles. The van der Waals surface area contributed by atoms with Crippen molar-refractivity contribution in [3.05, 3.63) is 53.1 Å². The molecule has 0 atom stereocenters. The second-order valence-corrected chi connectivity index (χ2v) is 3.73. The Morgan fingerprint density at radius 1 is 1.50 bits per heavy atom. The summed E-state index contributed by atoms with van der Waals surface area (Å²) in [5, 5.41) is 9.37. The number of halogens is 1. The summed E-state index contributed by atoms with van der Waals surface area (Å²) in [6, 6.07) is 6.92. The van der Waals surface area contributed by atoms with Gasteiger partial charge in [-0.25, -0.2) is 4.79 Å². The summed E-state index contributed by atoms with van der Waals surface area (Å²) in [6.45, 7) is 0.398. The minimum absolute atomic E-state index is 0.163. The van der Waals surface area contributed by atoms with Gasteiger partial charge in [-0.15, -0.1) is 0 Å². The fraction of sp³-hybridized carbons (Fsp3) is 0.0909. The normalized spacial score (nSPS) is 10.3. The van der Waals surface area contributed by atoms with Crippen molar-refractivity contribution >= 4 is 17.6 Å². The number of hydrogen-bond donors (Lipinski definition) is 1. The fourth-order valence-electron chi connectivity index (χ4n) is 1.45. The van der Waals surface area contributed by atoms with Gasteiger partial charge in [0.2, 0.25) is 0 Å². The van der Waals surface area contributed by atoms with E-state index < -0.39 is 5.97 Å². The van der Waals surface area contributed by atoms with Gasteiger partial charge in [0.1, 0.15) is 5.69 Å². The van der Waals surface area contributed by atoms with Crippen LogP contribution in [0.5, 0.6) is 0 Å². The molecule has 0 bridgehead atoms. The lowest BCUT2D eigenvalue weighted by Gasteiger charge is -2.04. The first-order valence-electron chi connectivity index (χ1n) is 4.65. The van der Waals surface area contributed by atoms with E-state index in [1.165, 1.54) is 6.07 Å². The zero-order chi connectivity index (χ0) is 11.5. The molecule has 2 rings (SSSR count). The van der Waals surface area contributed by atoms with Crippen molar-refractivity contribution in [2.24, 2.45) is 0 Å². The summed E-state index contributed by atoms with van der Waals surface area (Å²) in [7, 11) is 0. The second-order valence-electron chi connectivity index (χ2n) is 3.30. The molecular weight excluding hydrogens is 228 g/mol. The van der Waals surface area contributed by atoms with Gasteiger partial charge in [-0.2, -0.15) is 0 Å². The van der Waals surface area contributed by atoms with E-state index >= 15 is 0 Å². The number of carbonyl (C=O) groups is 1. The summed E-state index contributed by atoms with van der Waals surface area (Å²) >= 11 is 5.77. The number of pyridine rings is 1. The van der Waals surface area contributed by atoms with Crippen molar-refractivity contribution in [3.8, 4) is 0 Å². The van der Waals surface area contributed by atoms with Crippen LogP contribution in [0.25, 0.3) is 0 Å². The average molecular weight is 237 g/mol. The van der Waals surface area contributed by atoms with Gasteiger partial charge < -0.3 is 9.67 Å². The monoisotopic (exact) mass is 236 g/mol. The standard InChI is InChI=1S/C11H9ClN2O2/c12-8-5-10(11(15)16)14(6-8)7-9-3-1-2-4-13-9/h1-6H,7H2,(H,15,16). The van der Waals surface area contributed by atoms with Gasteiger partial charge >= 0.3 is 5.97 Å². The van der Waals surface area contributed by atoms with Crippen molar-refractivity contribution in [2.45, 2.75) is 6.54 Å². The van der Waals surface area contributed by atoms with Crippen LogP contribution >= 0.6 is 11.6 Å². The molecule has 1 N–H and O–H groups in total. The van der Waals surface area contributed by atoms with Crippen molar-refractivity contribution in [1.29, 1.82) is 0 Å². The number of carboxylic acid groups (broad SMARTS) is 1. The highest BCUT2D eigenvalue weighted by atomic mass is 35.5. The van der Waals surface area contributed by atoms with E-state index in [0.29, 0.717) is 11.6 Å². The maximum Gasteiger partial charge on any atom is 0.352 e. The van der Waals surface area contributed by atoms with Gasteiger partial charge in [-0.3, -0.25) is 4.98 Å². The Morgan fingerprint density at radius 2 is 2.31 bits per heavy atom. The number of rotatable bonds is 3. The Kier molecular flexibility index (Phi) is 2.92. The minimum Gasteiger partial charge on any atom is -0.477 e. The van der Waals surface area contributed by atoms with Gasteiger partial charge in [0, 0.05) is 12.4 Å². The topological polar surface area (TPSA) is 55.1 Å². The first-order chi connectivity index (χ1) is 7.66.